The topological polar surface area (TPSA) is 38.3 Å². The van der Waals surface area contributed by atoms with Crippen molar-refractivity contribution in [3.05, 3.63) is 24.3 Å². The van der Waals surface area contributed by atoms with E-state index >= 15 is 0 Å². The molecule has 0 unspecified atom stereocenters. The zero-order valence-corrected chi connectivity index (χ0v) is 18.2. The molecule has 3 nitrogen and oxygen atoms in total. The van der Waals surface area contributed by atoms with Crippen LogP contribution >= 0.6 is 0 Å². The fourth-order valence-corrected chi connectivity index (χ4v) is 3.61. The largest absolute Gasteiger partial charge is 0.491 e. The standard InChI is InChI=1S/C25H43NO2/c1-2-3-4-5-6-7-8-9-10-11-12-13-14-15-16-19-22-28-25-21-18-17-20-24(25)26-23-27/h17-18,20-21,23H,2-16,19,22H2,1H3,(H,26,27). The van der Waals surface area contributed by atoms with Crippen LogP contribution in [0.1, 0.15) is 110 Å². The van der Waals surface area contributed by atoms with E-state index in [-0.39, 0.29) is 0 Å². The van der Waals surface area contributed by atoms with Gasteiger partial charge in [-0.25, -0.2) is 0 Å². The van der Waals surface area contributed by atoms with Crippen LogP contribution in [0.5, 0.6) is 5.75 Å². The summed E-state index contributed by atoms with van der Waals surface area (Å²) in [4.78, 5) is 10.6. The van der Waals surface area contributed by atoms with E-state index in [1.165, 1.54) is 96.3 Å². The van der Waals surface area contributed by atoms with Crippen molar-refractivity contribution in [2.24, 2.45) is 0 Å². The van der Waals surface area contributed by atoms with Crippen molar-refractivity contribution in [1.29, 1.82) is 0 Å². The van der Waals surface area contributed by atoms with Gasteiger partial charge in [-0.1, -0.05) is 115 Å². The molecular weight excluding hydrogens is 346 g/mol. The number of carbonyl (C=O) groups is 1. The predicted molar refractivity (Wildman–Crippen MR) is 121 cm³/mol. The summed E-state index contributed by atoms with van der Waals surface area (Å²) in [5, 5.41) is 2.68. The van der Waals surface area contributed by atoms with Crippen LogP contribution in [-0.4, -0.2) is 13.0 Å². The monoisotopic (exact) mass is 389 g/mol. The molecule has 0 atom stereocenters. The Labute approximate surface area is 173 Å². The molecule has 0 heterocycles. The van der Waals surface area contributed by atoms with E-state index in [0.717, 1.165) is 24.5 Å². The van der Waals surface area contributed by atoms with Crippen molar-refractivity contribution in [3.8, 4) is 5.75 Å². The Bertz CT molecular complexity index is 475. The van der Waals surface area contributed by atoms with Crippen LogP contribution in [-0.2, 0) is 4.79 Å². The minimum absolute atomic E-state index is 0.691. The fourth-order valence-electron chi connectivity index (χ4n) is 3.61. The quantitative estimate of drug-likeness (QED) is 0.182. The van der Waals surface area contributed by atoms with Crippen LogP contribution < -0.4 is 10.1 Å². The third kappa shape index (κ3) is 13.6. The predicted octanol–water partition coefficient (Wildman–Crippen LogP) is 7.90. The van der Waals surface area contributed by atoms with Gasteiger partial charge >= 0.3 is 0 Å². The molecule has 1 aromatic rings. The Hall–Kier alpha value is -1.51. The van der Waals surface area contributed by atoms with Crippen molar-refractivity contribution >= 4 is 12.1 Å². The molecule has 0 radical (unpaired) electrons. The lowest BCUT2D eigenvalue weighted by Gasteiger charge is -2.10. The number of benzene rings is 1. The lowest BCUT2D eigenvalue weighted by Crippen LogP contribution is -2.02. The van der Waals surface area contributed by atoms with Gasteiger partial charge in [0.05, 0.1) is 12.3 Å². The molecule has 3 heteroatoms. The van der Waals surface area contributed by atoms with Crippen LogP contribution in [0, 0.1) is 0 Å². The molecule has 1 aromatic carbocycles. The maximum absolute atomic E-state index is 10.6. The highest BCUT2D eigenvalue weighted by Gasteiger charge is 2.01. The Morgan fingerprint density at radius 2 is 1.18 bits per heavy atom. The molecule has 1 rings (SSSR count). The van der Waals surface area contributed by atoms with Gasteiger partial charge in [0.25, 0.3) is 0 Å². The van der Waals surface area contributed by atoms with Gasteiger partial charge in [-0.15, -0.1) is 0 Å². The number of nitrogens with one attached hydrogen (secondary N) is 1. The molecule has 0 aliphatic carbocycles. The Morgan fingerprint density at radius 3 is 1.68 bits per heavy atom. The maximum Gasteiger partial charge on any atom is 0.211 e. The van der Waals surface area contributed by atoms with Gasteiger partial charge in [0.1, 0.15) is 5.75 Å². The fraction of sp³-hybridized carbons (Fsp3) is 0.720. The van der Waals surface area contributed by atoms with E-state index in [1.54, 1.807) is 0 Å². The third-order valence-electron chi connectivity index (χ3n) is 5.36. The molecular formula is C25H43NO2. The SMILES string of the molecule is CCCCCCCCCCCCCCCCCCOc1ccccc1NC=O. The normalized spacial score (nSPS) is 10.8. The summed E-state index contributed by atoms with van der Waals surface area (Å²) >= 11 is 0. The summed E-state index contributed by atoms with van der Waals surface area (Å²) in [6.07, 6.45) is 22.7. The number of unbranched alkanes of at least 4 members (excludes halogenated alkanes) is 15. The van der Waals surface area contributed by atoms with Gasteiger partial charge in [0.2, 0.25) is 6.41 Å². The zero-order chi connectivity index (χ0) is 20.1. The first-order valence-corrected chi connectivity index (χ1v) is 11.8. The summed E-state index contributed by atoms with van der Waals surface area (Å²) < 4.78 is 5.79. The number of rotatable bonds is 20. The molecule has 0 saturated carbocycles. The van der Waals surface area contributed by atoms with Crippen molar-refractivity contribution in [1.82, 2.24) is 0 Å². The first-order valence-electron chi connectivity index (χ1n) is 11.8. The minimum atomic E-state index is 0.691. The van der Waals surface area contributed by atoms with Gasteiger partial charge in [-0.3, -0.25) is 4.79 Å². The van der Waals surface area contributed by atoms with E-state index in [2.05, 4.69) is 12.2 Å². The highest BCUT2D eigenvalue weighted by atomic mass is 16.5. The molecule has 0 fully saturated rings. The molecule has 1 N–H and O–H groups in total. The number of hydrogen-bond acceptors (Lipinski definition) is 2. The molecule has 0 bridgehead atoms. The number of amides is 1. The molecule has 0 spiro atoms. The lowest BCUT2D eigenvalue weighted by atomic mass is 10.0. The molecule has 28 heavy (non-hydrogen) atoms. The summed E-state index contributed by atoms with van der Waals surface area (Å²) in [6, 6.07) is 7.59. The van der Waals surface area contributed by atoms with Crippen LogP contribution in [0.15, 0.2) is 24.3 Å². The molecule has 1 amide bonds. The van der Waals surface area contributed by atoms with Gasteiger partial charge in [0.15, 0.2) is 0 Å². The first-order chi connectivity index (χ1) is 13.9. The summed E-state index contributed by atoms with van der Waals surface area (Å²) in [7, 11) is 0. The zero-order valence-electron chi connectivity index (χ0n) is 18.2. The third-order valence-corrected chi connectivity index (χ3v) is 5.36. The second kappa shape index (κ2) is 18.8. The average molecular weight is 390 g/mol. The van der Waals surface area contributed by atoms with Crippen molar-refractivity contribution in [3.63, 3.8) is 0 Å². The van der Waals surface area contributed by atoms with Gasteiger partial charge < -0.3 is 10.1 Å². The van der Waals surface area contributed by atoms with E-state index in [9.17, 15) is 4.79 Å². The van der Waals surface area contributed by atoms with Gasteiger partial charge in [-0.2, -0.15) is 0 Å². The van der Waals surface area contributed by atoms with Gasteiger partial charge in [0, 0.05) is 0 Å². The molecule has 0 aliphatic heterocycles. The van der Waals surface area contributed by atoms with Gasteiger partial charge in [-0.05, 0) is 18.6 Å². The van der Waals surface area contributed by atoms with Crippen LogP contribution in [0.2, 0.25) is 0 Å². The maximum atomic E-state index is 10.6. The molecule has 0 saturated heterocycles. The molecule has 0 aromatic heterocycles. The second-order valence-corrected chi connectivity index (χ2v) is 7.91. The Morgan fingerprint density at radius 1 is 0.714 bits per heavy atom. The second-order valence-electron chi connectivity index (χ2n) is 7.91. The van der Waals surface area contributed by atoms with Crippen molar-refractivity contribution < 1.29 is 9.53 Å². The number of carbonyl (C=O) groups excluding carboxylic acids is 1. The smallest absolute Gasteiger partial charge is 0.211 e. The summed E-state index contributed by atoms with van der Waals surface area (Å²) in [5.41, 5.74) is 0.744. The highest BCUT2D eigenvalue weighted by molar-refractivity contribution is 5.75. The van der Waals surface area contributed by atoms with E-state index in [4.69, 9.17) is 4.74 Å². The van der Waals surface area contributed by atoms with E-state index in [0.29, 0.717) is 6.41 Å². The highest BCUT2D eigenvalue weighted by Crippen LogP contribution is 2.23. The Balaban J connectivity index is 1.82. The summed E-state index contributed by atoms with van der Waals surface area (Å²) in [6.45, 7) is 3.00. The van der Waals surface area contributed by atoms with Crippen molar-refractivity contribution in [2.45, 2.75) is 110 Å². The number of ether oxygens (including phenoxy) is 1. The van der Waals surface area contributed by atoms with Crippen LogP contribution in [0.25, 0.3) is 0 Å². The molecule has 160 valence electrons. The lowest BCUT2D eigenvalue weighted by molar-refractivity contribution is -0.105. The Kier molecular flexibility index (Phi) is 16.5. The van der Waals surface area contributed by atoms with E-state index in [1.807, 2.05) is 24.3 Å². The number of anilines is 1. The number of para-hydroxylation sites is 2. The average Bonchev–Trinajstić information content (AvgIpc) is 2.71. The van der Waals surface area contributed by atoms with Crippen molar-refractivity contribution in [2.75, 3.05) is 11.9 Å². The van der Waals surface area contributed by atoms with Crippen LogP contribution in [0.3, 0.4) is 0 Å². The van der Waals surface area contributed by atoms with Crippen LogP contribution in [0.4, 0.5) is 5.69 Å². The minimum Gasteiger partial charge on any atom is -0.491 e. The number of hydrogen-bond donors (Lipinski definition) is 1. The summed E-state index contributed by atoms with van der Waals surface area (Å²) in [5.74, 6) is 0.760. The van der Waals surface area contributed by atoms with E-state index < -0.39 is 0 Å². The molecule has 0 aliphatic rings. The first kappa shape index (κ1) is 24.5.